The van der Waals surface area contributed by atoms with E-state index in [0.717, 1.165) is 13.0 Å². The van der Waals surface area contributed by atoms with Gasteiger partial charge in [0.25, 0.3) is 0 Å². The number of nitrogens with one attached hydrogen (secondary N) is 5. The van der Waals surface area contributed by atoms with Gasteiger partial charge in [-0.25, -0.2) is 0 Å². The van der Waals surface area contributed by atoms with E-state index < -0.39 is 6.04 Å². The van der Waals surface area contributed by atoms with Gasteiger partial charge in [0.1, 0.15) is 0 Å². The van der Waals surface area contributed by atoms with Crippen LogP contribution in [0.1, 0.15) is 19.3 Å². The Bertz CT molecular complexity index is 314. The zero-order chi connectivity index (χ0) is 16.8. The predicted octanol–water partition coefficient (Wildman–Crippen LogP) is -2.26. The van der Waals surface area contributed by atoms with E-state index in [0.29, 0.717) is 32.5 Å². The maximum absolute atomic E-state index is 11.9. The minimum atomic E-state index is -0.489. The number of carbonyl (C=O) groups is 2. The van der Waals surface area contributed by atoms with Gasteiger partial charge >= 0.3 is 0 Å². The Morgan fingerprint density at radius 3 is 2.09 bits per heavy atom. The van der Waals surface area contributed by atoms with E-state index >= 15 is 0 Å². The maximum atomic E-state index is 11.9. The van der Waals surface area contributed by atoms with Crippen molar-refractivity contribution in [3.63, 3.8) is 0 Å². The molecule has 0 aromatic heterocycles. The molecule has 7 N–H and O–H groups in total. The monoisotopic (exact) mass is 316 g/mol. The van der Waals surface area contributed by atoms with Crippen molar-refractivity contribution in [1.82, 2.24) is 26.6 Å². The summed E-state index contributed by atoms with van der Waals surface area (Å²) in [6.45, 7) is 2.57. The van der Waals surface area contributed by atoms with Crippen molar-refractivity contribution < 1.29 is 9.59 Å². The number of nitrogens with two attached hydrogens (primary N) is 1. The Balaban J connectivity index is 3.86. The molecule has 8 heteroatoms. The van der Waals surface area contributed by atoms with E-state index in [-0.39, 0.29) is 17.9 Å². The molecule has 2 atom stereocenters. The fraction of sp³-hybridized carbons (Fsp3) is 0.857. The van der Waals surface area contributed by atoms with Gasteiger partial charge in [-0.3, -0.25) is 9.59 Å². The molecule has 0 fully saturated rings. The van der Waals surface area contributed by atoms with Crippen LogP contribution in [0.25, 0.3) is 0 Å². The number of hydrogen-bond donors (Lipinski definition) is 6. The molecule has 0 rings (SSSR count). The average molecular weight is 316 g/mol. The van der Waals surface area contributed by atoms with Crippen LogP contribution in [0.3, 0.4) is 0 Å². The van der Waals surface area contributed by atoms with Crippen LogP contribution >= 0.6 is 0 Å². The second kappa shape index (κ2) is 13.4. The van der Waals surface area contributed by atoms with Gasteiger partial charge in [0.05, 0.1) is 12.1 Å². The van der Waals surface area contributed by atoms with E-state index in [1.807, 2.05) is 14.1 Å². The number of carbonyl (C=O) groups excluding carboxylic acids is 2. The lowest BCUT2D eigenvalue weighted by Crippen LogP contribution is -2.45. The molecule has 0 radical (unpaired) electrons. The fourth-order valence-corrected chi connectivity index (χ4v) is 1.92. The fourth-order valence-electron chi connectivity index (χ4n) is 1.92. The van der Waals surface area contributed by atoms with Crippen LogP contribution in [0.15, 0.2) is 0 Å². The highest BCUT2D eigenvalue weighted by molar-refractivity contribution is 5.82. The first-order valence-electron chi connectivity index (χ1n) is 7.84. The van der Waals surface area contributed by atoms with E-state index in [1.54, 1.807) is 7.05 Å². The van der Waals surface area contributed by atoms with Gasteiger partial charge in [-0.2, -0.15) is 0 Å². The topological polar surface area (TPSA) is 120 Å². The van der Waals surface area contributed by atoms with Gasteiger partial charge in [0.15, 0.2) is 0 Å². The quantitative estimate of drug-likeness (QED) is 0.213. The normalized spacial score (nSPS) is 13.5. The van der Waals surface area contributed by atoms with Crippen LogP contribution in [0.5, 0.6) is 0 Å². The van der Waals surface area contributed by atoms with Gasteiger partial charge in [-0.05, 0) is 47.0 Å². The molecule has 0 aromatic rings. The van der Waals surface area contributed by atoms with E-state index in [9.17, 15) is 9.59 Å². The number of likely N-dealkylation sites (N-methyl/N-ethyl adjacent to an activating group) is 2. The molecule has 0 aliphatic heterocycles. The van der Waals surface area contributed by atoms with E-state index in [2.05, 4.69) is 26.6 Å². The summed E-state index contributed by atoms with van der Waals surface area (Å²) in [7, 11) is 5.42. The molecule has 2 amide bonds. The Morgan fingerprint density at radius 1 is 0.864 bits per heavy atom. The minimum Gasteiger partial charge on any atom is -0.355 e. The smallest absolute Gasteiger partial charge is 0.237 e. The lowest BCUT2D eigenvalue weighted by molar-refractivity contribution is -0.123. The summed E-state index contributed by atoms with van der Waals surface area (Å²) in [4.78, 5) is 23.6. The highest BCUT2D eigenvalue weighted by atomic mass is 16.2. The predicted molar refractivity (Wildman–Crippen MR) is 88.5 cm³/mol. The third-order valence-corrected chi connectivity index (χ3v) is 3.35. The molecule has 0 bridgehead atoms. The van der Waals surface area contributed by atoms with Gasteiger partial charge in [-0.1, -0.05) is 0 Å². The zero-order valence-electron chi connectivity index (χ0n) is 14.0. The molecule has 0 aliphatic carbocycles. The van der Waals surface area contributed by atoms with Crippen LogP contribution in [0.2, 0.25) is 0 Å². The largest absolute Gasteiger partial charge is 0.355 e. The first-order chi connectivity index (χ1) is 10.6. The van der Waals surface area contributed by atoms with E-state index in [4.69, 9.17) is 5.73 Å². The third kappa shape index (κ3) is 9.67. The summed E-state index contributed by atoms with van der Waals surface area (Å²) >= 11 is 0. The van der Waals surface area contributed by atoms with Crippen LogP contribution in [0, 0.1) is 0 Å². The molecule has 0 saturated heterocycles. The Morgan fingerprint density at radius 2 is 1.50 bits per heavy atom. The zero-order valence-corrected chi connectivity index (χ0v) is 14.0. The lowest BCUT2D eigenvalue weighted by Gasteiger charge is -2.17. The summed E-state index contributed by atoms with van der Waals surface area (Å²) in [5.74, 6) is -0.162. The van der Waals surface area contributed by atoms with Gasteiger partial charge in [-0.15, -0.1) is 0 Å². The van der Waals surface area contributed by atoms with Crippen molar-refractivity contribution in [3.8, 4) is 0 Å². The molecule has 0 aliphatic rings. The van der Waals surface area contributed by atoms with Crippen LogP contribution in [-0.4, -0.2) is 71.2 Å². The van der Waals surface area contributed by atoms with Crippen LogP contribution in [0.4, 0.5) is 0 Å². The molecule has 0 heterocycles. The number of hydrogen-bond acceptors (Lipinski definition) is 6. The van der Waals surface area contributed by atoms with Crippen LogP contribution in [-0.2, 0) is 9.59 Å². The molecule has 22 heavy (non-hydrogen) atoms. The minimum absolute atomic E-state index is 0.0187. The molecule has 0 saturated carbocycles. The first-order valence-corrected chi connectivity index (χ1v) is 7.84. The molecule has 8 nitrogen and oxygen atoms in total. The van der Waals surface area contributed by atoms with Crippen molar-refractivity contribution >= 4 is 11.8 Å². The molecular formula is C14H32N6O2. The molecule has 130 valence electrons. The molecule has 0 unspecified atom stereocenters. The van der Waals surface area contributed by atoms with E-state index in [1.165, 1.54) is 0 Å². The van der Waals surface area contributed by atoms with Crippen molar-refractivity contribution in [2.24, 2.45) is 5.73 Å². The highest BCUT2D eigenvalue weighted by Crippen LogP contribution is 1.97. The second-order valence-corrected chi connectivity index (χ2v) is 5.17. The average Bonchev–Trinajstić information content (AvgIpc) is 2.52. The summed E-state index contributed by atoms with van der Waals surface area (Å²) < 4.78 is 0. The van der Waals surface area contributed by atoms with Crippen LogP contribution < -0.4 is 32.3 Å². The molecule has 0 aromatic carbocycles. The lowest BCUT2D eigenvalue weighted by atomic mass is 10.1. The SMILES string of the molecule is CNCCNC(=O)[C@H](CCCNC(=O)[C@@H](N)CCNC)NC. The van der Waals surface area contributed by atoms with Gasteiger partial charge in [0.2, 0.25) is 11.8 Å². The summed E-state index contributed by atoms with van der Waals surface area (Å²) in [6, 6.07) is -0.732. The third-order valence-electron chi connectivity index (χ3n) is 3.35. The van der Waals surface area contributed by atoms with Gasteiger partial charge < -0.3 is 32.3 Å². The Kier molecular flexibility index (Phi) is 12.7. The molecular weight excluding hydrogens is 284 g/mol. The molecule has 0 spiro atoms. The van der Waals surface area contributed by atoms with Gasteiger partial charge in [0, 0.05) is 19.6 Å². The maximum Gasteiger partial charge on any atom is 0.237 e. The first kappa shape index (κ1) is 20.8. The summed E-state index contributed by atoms with van der Waals surface area (Å²) in [5.41, 5.74) is 5.75. The number of rotatable bonds is 13. The van der Waals surface area contributed by atoms with Crippen molar-refractivity contribution in [2.45, 2.75) is 31.3 Å². The standard InChI is InChI=1S/C14H32N6O2/c1-16-8-6-11(15)13(21)19-7-4-5-12(18-3)14(22)20-10-9-17-2/h11-12,16-18H,4-10,15H2,1-3H3,(H,19,21)(H,20,22)/t11-,12-/m0/s1. The van der Waals surface area contributed by atoms with Crippen molar-refractivity contribution in [1.29, 1.82) is 0 Å². The Labute approximate surface area is 133 Å². The Hall–Kier alpha value is -1.22. The van der Waals surface area contributed by atoms with Crippen molar-refractivity contribution in [3.05, 3.63) is 0 Å². The second-order valence-electron chi connectivity index (χ2n) is 5.17. The summed E-state index contributed by atoms with van der Waals surface area (Å²) in [5, 5.41) is 14.6. The highest BCUT2D eigenvalue weighted by Gasteiger charge is 2.16. The summed E-state index contributed by atoms with van der Waals surface area (Å²) in [6.07, 6.45) is 1.98. The van der Waals surface area contributed by atoms with Crippen molar-refractivity contribution in [2.75, 3.05) is 47.3 Å². The number of amides is 2.